The Labute approximate surface area is 116 Å². The zero-order valence-electron chi connectivity index (χ0n) is 11.7. The molecule has 3 N–H and O–H groups in total. The van der Waals surface area contributed by atoms with Gasteiger partial charge in [-0.3, -0.25) is 14.7 Å². The van der Waals surface area contributed by atoms with E-state index in [1.165, 1.54) is 57.8 Å². The fraction of sp³-hybridized carbons (Fsp3) is 1.00. The summed E-state index contributed by atoms with van der Waals surface area (Å²) in [6.45, 7) is -1.33. The van der Waals surface area contributed by atoms with Crippen LogP contribution in [0.4, 0.5) is 0 Å². The van der Waals surface area contributed by atoms with Crippen molar-refractivity contribution in [2.24, 2.45) is 0 Å². The van der Waals surface area contributed by atoms with Crippen LogP contribution in [0.15, 0.2) is 0 Å². The lowest BCUT2D eigenvalue weighted by Gasteiger charge is -2.00. The normalized spacial score (nSPS) is 11.8. The molecule has 0 aliphatic heterocycles. The van der Waals surface area contributed by atoms with Gasteiger partial charge >= 0.3 is 6.72 Å². The maximum absolute atomic E-state index is 8.76. The van der Waals surface area contributed by atoms with Crippen LogP contribution in [0.1, 0.15) is 77.6 Å². The molecule has 0 aliphatic carbocycles. The van der Waals surface area contributed by atoms with Crippen LogP contribution in [-0.4, -0.2) is 20.4 Å². The van der Waals surface area contributed by atoms with Crippen molar-refractivity contribution in [3.05, 3.63) is 0 Å². The third kappa shape index (κ3) is 16.5. The molecule has 0 saturated carbocycles. The Kier molecular flexibility index (Phi) is 12.9. The van der Waals surface area contributed by atoms with Gasteiger partial charge in [-0.15, -0.1) is 0 Å². The minimum atomic E-state index is -3.58. The molecule has 5 heteroatoms. The van der Waals surface area contributed by atoms with Gasteiger partial charge in [0.05, 0.1) is 0 Å². The van der Waals surface area contributed by atoms with Crippen LogP contribution in [0.5, 0.6) is 0 Å². The van der Waals surface area contributed by atoms with Gasteiger partial charge in [0, 0.05) is 6.42 Å². The van der Waals surface area contributed by atoms with Gasteiger partial charge in [-0.25, -0.2) is 0 Å². The van der Waals surface area contributed by atoms with E-state index in [0.717, 1.165) is 23.8 Å². The second kappa shape index (κ2) is 12.6. The standard InChI is InChI=1S/C13H30O3PS/c1-2-3-4-5-6-7-8-9-10-11-12-13-18-17(14,15)16/h14-16H,2-13H2,1H3/q+1. The van der Waals surface area contributed by atoms with E-state index in [0.29, 0.717) is 5.75 Å². The van der Waals surface area contributed by atoms with Crippen LogP contribution in [0.2, 0.25) is 0 Å². The second-order valence-corrected chi connectivity index (χ2v) is 8.82. The van der Waals surface area contributed by atoms with Gasteiger partial charge in [0.2, 0.25) is 10.9 Å². The highest BCUT2D eigenvalue weighted by Gasteiger charge is 2.17. The molecule has 0 bridgehead atoms. The van der Waals surface area contributed by atoms with Gasteiger partial charge in [-0.1, -0.05) is 64.7 Å². The molecular weight excluding hydrogens is 267 g/mol. The second-order valence-electron chi connectivity index (χ2n) is 4.88. The van der Waals surface area contributed by atoms with E-state index < -0.39 is 6.72 Å². The smallest absolute Gasteiger partial charge is 0.290 e. The summed E-state index contributed by atoms with van der Waals surface area (Å²) in [6, 6.07) is 0. The van der Waals surface area contributed by atoms with Crippen molar-refractivity contribution in [2.45, 2.75) is 77.6 Å². The molecule has 0 spiro atoms. The average Bonchev–Trinajstić information content (AvgIpc) is 2.29. The van der Waals surface area contributed by atoms with E-state index in [4.69, 9.17) is 14.7 Å². The number of hydrogen-bond donors (Lipinski definition) is 3. The predicted molar refractivity (Wildman–Crippen MR) is 82.3 cm³/mol. The van der Waals surface area contributed by atoms with E-state index in [1.54, 1.807) is 0 Å². The van der Waals surface area contributed by atoms with Crippen LogP contribution in [0.3, 0.4) is 0 Å². The van der Waals surface area contributed by atoms with Gasteiger partial charge in [-0.2, -0.15) is 0 Å². The first kappa shape index (κ1) is 18.5. The van der Waals surface area contributed by atoms with Crippen LogP contribution >= 0.6 is 6.72 Å². The molecule has 3 nitrogen and oxygen atoms in total. The number of unbranched alkanes of at least 4 members (excludes halogenated alkanes) is 10. The summed E-state index contributed by atoms with van der Waals surface area (Å²) in [5, 5.41) is 0. The Bertz CT molecular complexity index is 220. The molecule has 0 fully saturated rings. The maximum Gasteiger partial charge on any atom is 0.515 e. The molecule has 0 saturated heterocycles. The summed E-state index contributed by atoms with van der Waals surface area (Å²) < 4.78 is 0. The quantitative estimate of drug-likeness (QED) is 0.289. The summed E-state index contributed by atoms with van der Waals surface area (Å²) in [6.07, 6.45) is 14.1. The summed E-state index contributed by atoms with van der Waals surface area (Å²) >= 11 is 0. The molecule has 0 heterocycles. The summed E-state index contributed by atoms with van der Waals surface area (Å²) in [5.41, 5.74) is 0. The molecule has 0 unspecified atom stereocenters. The Morgan fingerprint density at radius 3 is 1.44 bits per heavy atom. The fourth-order valence-electron chi connectivity index (χ4n) is 1.95. The van der Waals surface area contributed by atoms with E-state index >= 15 is 0 Å². The summed E-state index contributed by atoms with van der Waals surface area (Å²) in [4.78, 5) is 26.3. The monoisotopic (exact) mass is 297 g/mol. The molecule has 0 rings (SSSR count). The third-order valence-corrected chi connectivity index (χ3v) is 5.42. The Morgan fingerprint density at radius 2 is 1.06 bits per heavy atom. The SMILES string of the molecule is CCCCCCCCCCCCC[S+]=P(O)(O)O. The van der Waals surface area contributed by atoms with Crippen LogP contribution in [0.25, 0.3) is 0 Å². The lowest BCUT2D eigenvalue weighted by molar-refractivity contribution is 0.363. The number of hydrogen-bond acceptors (Lipinski definition) is 0. The Balaban J connectivity index is 3.08. The minimum Gasteiger partial charge on any atom is -0.290 e. The zero-order chi connectivity index (χ0) is 13.7. The Morgan fingerprint density at radius 1 is 0.667 bits per heavy atom. The molecule has 0 atom stereocenters. The molecule has 0 aliphatic rings. The van der Waals surface area contributed by atoms with Crippen molar-refractivity contribution < 1.29 is 14.7 Å². The van der Waals surface area contributed by atoms with Crippen LogP contribution < -0.4 is 0 Å². The summed E-state index contributed by atoms with van der Waals surface area (Å²) in [7, 11) is 0.891. The highest BCUT2D eigenvalue weighted by atomic mass is 32.5. The van der Waals surface area contributed by atoms with Crippen molar-refractivity contribution in [3.63, 3.8) is 0 Å². The predicted octanol–water partition coefficient (Wildman–Crippen LogP) is 4.03. The molecule has 0 aromatic carbocycles. The molecule has 110 valence electrons. The van der Waals surface area contributed by atoms with E-state index in [-0.39, 0.29) is 0 Å². The van der Waals surface area contributed by atoms with Crippen molar-refractivity contribution in [3.8, 4) is 0 Å². The minimum absolute atomic E-state index is 0.647. The maximum atomic E-state index is 8.76. The van der Waals surface area contributed by atoms with Crippen molar-refractivity contribution >= 4 is 17.7 Å². The first-order valence-corrected chi connectivity index (χ1v) is 10.5. The van der Waals surface area contributed by atoms with Gasteiger partial charge in [0.1, 0.15) is 0 Å². The first-order chi connectivity index (χ1) is 8.56. The largest absolute Gasteiger partial charge is 0.515 e. The molecule has 0 aromatic heterocycles. The zero-order valence-corrected chi connectivity index (χ0v) is 13.4. The molecule has 18 heavy (non-hydrogen) atoms. The number of rotatable bonds is 12. The van der Waals surface area contributed by atoms with E-state index in [2.05, 4.69) is 6.92 Å². The Hall–Kier alpha value is 0.530. The van der Waals surface area contributed by atoms with Gasteiger partial charge in [0.15, 0.2) is 5.75 Å². The fourth-order valence-corrected chi connectivity index (χ4v) is 3.65. The topological polar surface area (TPSA) is 60.7 Å². The molecule has 0 amide bonds. The highest BCUT2D eigenvalue weighted by molar-refractivity contribution is 8.16. The lowest BCUT2D eigenvalue weighted by Crippen LogP contribution is -1.87. The molecular formula is C13H30O3PS+. The lowest BCUT2D eigenvalue weighted by atomic mass is 10.1. The van der Waals surface area contributed by atoms with Crippen LogP contribution in [-0.2, 0) is 10.9 Å². The van der Waals surface area contributed by atoms with E-state index in [9.17, 15) is 0 Å². The third-order valence-electron chi connectivity index (χ3n) is 3.01. The van der Waals surface area contributed by atoms with Gasteiger partial charge in [-0.05, 0) is 6.42 Å². The van der Waals surface area contributed by atoms with Crippen molar-refractivity contribution in [1.82, 2.24) is 0 Å². The summed E-state index contributed by atoms with van der Waals surface area (Å²) in [5.74, 6) is 0.647. The average molecular weight is 297 g/mol. The molecule has 0 aromatic rings. The first-order valence-electron chi connectivity index (χ1n) is 7.28. The van der Waals surface area contributed by atoms with Crippen LogP contribution in [0, 0.1) is 0 Å². The highest BCUT2D eigenvalue weighted by Crippen LogP contribution is 2.31. The van der Waals surface area contributed by atoms with Gasteiger partial charge in [0.25, 0.3) is 0 Å². The van der Waals surface area contributed by atoms with E-state index in [1.807, 2.05) is 0 Å². The molecule has 0 radical (unpaired) electrons. The van der Waals surface area contributed by atoms with Crippen molar-refractivity contribution in [1.29, 1.82) is 0 Å². The van der Waals surface area contributed by atoms with Gasteiger partial charge < -0.3 is 0 Å². The van der Waals surface area contributed by atoms with Crippen molar-refractivity contribution in [2.75, 3.05) is 5.75 Å².